The van der Waals surface area contributed by atoms with E-state index in [1.807, 2.05) is 36.4 Å². The molecule has 0 spiro atoms. The van der Waals surface area contributed by atoms with Gasteiger partial charge in [-0.3, -0.25) is 4.79 Å². The molecule has 0 bridgehead atoms. The number of pyridine rings is 1. The Morgan fingerprint density at radius 3 is 2.80 bits per heavy atom. The zero-order chi connectivity index (χ0) is 17.4. The number of ether oxygens (including phenoxy) is 1. The van der Waals surface area contributed by atoms with Crippen molar-refractivity contribution in [3.8, 4) is 5.75 Å². The first-order valence-electron chi connectivity index (χ1n) is 7.62. The van der Waals surface area contributed by atoms with Crippen LogP contribution in [0.4, 0.5) is 0 Å². The van der Waals surface area contributed by atoms with E-state index in [0.717, 1.165) is 21.5 Å². The number of hydrogen-bond acceptors (Lipinski definition) is 6. The lowest BCUT2D eigenvalue weighted by atomic mass is 10.2. The van der Waals surface area contributed by atoms with Crippen LogP contribution >= 0.6 is 11.3 Å². The van der Waals surface area contributed by atoms with Gasteiger partial charge < -0.3 is 4.74 Å². The van der Waals surface area contributed by atoms with Crippen LogP contribution in [-0.4, -0.2) is 28.0 Å². The minimum Gasteiger partial charge on any atom is -0.497 e. The Labute approximate surface area is 147 Å². The summed E-state index contributed by atoms with van der Waals surface area (Å²) in [5, 5.41) is 5.21. The number of aryl methyl sites for hydroxylation is 1. The van der Waals surface area contributed by atoms with Crippen LogP contribution in [0, 0.1) is 6.92 Å². The first-order chi connectivity index (χ1) is 12.2. The summed E-state index contributed by atoms with van der Waals surface area (Å²) in [5.74, 6) is 1.30. The van der Waals surface area contributed by atoms with Crippen LogP contribution < -0.4 is 10.3 Å². The van der Waals surface area contributed by atoms with E-state index >= 15 is 0 Å². The molecular formula is C18H14N4O2S. The van der Waals surface area contributed by atoms with Gasteiger partial charge in [-0.15, -0.1) is 11.3 Å². The van der Waals surface area contributed by atoms with Crippen LogP contribution in [0.1, 0.15) is 11.4 Å². The molecule has 4 aromatic rings. The molecule has 0 saturated heterocycles. The van der Waals surface area contributed by atoms with Gasteiger partial charge in [0.15, 0.2) is 0 Å². The number of rotatable bonds is 3. The van der Waals surface area contributed by atoms with E-state index in [4.69, 9.17) is 4.74 Å². The maximum absolute atomic E-state index is 12.8. The van der Waals surface area contributed by atoms with E-state index in [1.54, 1.807) is 26.4 Å². The first-order valence-corrected chi connectivity index (χ1v) is 8.44. The van der Waals surface area contributed by atoms with Gasteiger partial charge in [0.1, 0.15) is 21.1 Å². The van der Waals surface area contributed by atoms with Gasteiger partial charge in [0.2, 0.25) is 0 Å². The molecule has 0 fully saturated rings. The van der Waals surface area contributed by atoms with Gasteiger partial charge in [-0.2, -0.15) is 9.78 Å². The number of methoxy groups -OCH3 is 1. The number of aromatic nitrogens is 3. The lowest BCUT2D eigenvalue weighted by molar-refractivity contribution is 0.415. The molecule has 1 aromatic carbocycles. The van der Waals surface area contributed by atoms with Crippen molar-refractivity contribution in [3.63, 3.8) is 0 Å². The molecule has 0 aliphatic heterocycles. The second-order valence-corrected chi connectivity index (χ2v) is 6.43. The predicted octanol–water partition coefficient (Wildman–Crippen LogP) is 3.21. The fraction of sp³-hybridized carbons (Fsp3) is 0.111. The van der Waals surface area contributed by atoms with E-state index in [2.05, 4.69) is 15.1 Å². The second-order valence-electron chi connectivity index (χ2n) is 5.43. The Morgan fingerprint density at radius 2 is 2.04 bits per heavy atom. The SMILES string of the molecule is COc1ccc(/C=N\n2c(C)nc3c(sc4ncccc43)c2=O)cc1. The smallest absolute Gasteiger partial charge is 0.292 e. The van der Waals surface area contributed by atoms with Crippen molar-refractivity contribution in [3.05, 3.63) is 64.3 Å². The molecule has 0 aliphatic carbocycles. The Hall–Kier alpha value is -3.06. The molecule has 3 aromatic heterocycles. The van der Waals surface area contributed by atoms with Crippen LogP contribution in [0.3, 0.4) is 0 Å². The highest BCUT2D eigenvalue weighted by atomic mass is 32.1. The van der Waals surface area contributed by atoms with Gasteiger partial charge >= 0.3 is 0 Å². The molecule has 7 heteroatoms. The summed E-state index contributed by atoms with van der Waals surface area (Å²) in [6.45, 7) is 1.77. The van der Waals surface area contributed by atoms with Gasteiger partial charge in [0, 0.05) is 11.6 Å². The molecule has 3 heterocycles. The minimum atomic E-state index is -0.185. The zero-order valence-corrected chi connectivity index (χ0v) is 14.4. The normalized spacial score (nSPS) is 11.6. The summed E-state index contributed by atoms with van der Waals surface area (Å²) < 4.78 is 7.02. The fourth-order valence-electron chi connectivity index (χ4n) is 2.58. The minimum absolute atomic E-state index is 0.185. The van der Waals surface area contributed by atoms with Gasteiger partial charge in [-0.05, 0) is 48.9 Å². The average molecular weight is 350 g/mol. The Bertz CT molecular complexity index is 1160. The van der Waals surface area contributed by atoms with Gasteiger partial charge in [-0.25, -0.2) is 9.97 Å². The van der Waals surface area contributed by atoms with E-state index in [9.17, 15) is 4.79 Å². The van der Waals surface area contributed by atoms with Crippen LogP contribution in [0.25, 0.3) is 20.4 Å². The number of hydrogen-bond donors (Lipinski definition) is 0. The lowest BCUT2D eigenvalue weighted by Crippen LogP contribution is -2.19. The van der Waals surface area contributed by atoms with Crippen molar-refractivity contribution in [2.75, 3.05) is 7.11 Å². The maximum atomic E-state index is 12.8. The third-order valence-electron chi connectivity index (χ3n) is 3.84. The largest absolute Gasteiger partial charge is 0.497 e. The van der Waals surface area contributed by atoms with Crippen molar-refractivity contribution in [2.24, 2.45) is 5.10 Å². The second kappa shape index (κ2) is 6.10. The van der Waals surface area contributed by atoms with Gasteiger partial charge in [-0.1, -0.05) is 0 Å². The van der Waals surface area contributed by atoms with Crippen molar-refractivity contribution in [2.45, 2.75) is 6.92 Å². The van der Waals surface area contributed by atoms with Crippen LogP contribution in [-0.2, 0) is 0 Å². The van der Waals surface area contributed by atoms with E-state index in [1.165, 1.54) is 16.0 Å². The van der Waals surface area contributed by atoms with Crippen LogP contribution in [0.2, 0.25) is 0 Å². The molecule has 25 heavy (non-hydrogen) atoms. The monoisotopic (exact) mass is 350 g/mol. The Balaban J connectivity index is 1.82. The Morgan fingerprint density at radius 1 is 1.24 bits per heavy atom. The molecule has 0 unspecified atom stereocenters. The number of nitrogens with zero attached hydrogens (tertiary/aromatic N) is 4. The quantitative estimate of drug-likeness (QED) is 0.532. The van der Waals surface area contributed by atoms with Crippen LogP contribution in [0.15, 0.2) is 52.5 Å². The third kappa shape index (κ3) is 2.68. The average Bonchev–Trinajstić information content (AvgIpc) is 3.01. The number of fused-ring (bicyclic) bond motifs is 3. The standard InChI is InChI=1S/C18H14N4O2S/c1-11-21-15-14-4-3-9-19-17(14)25-16(15)18(23)22(11)20-10-12-5-7-13(24-2)8-6-12/h3-10H,1-2H3/b20-10-. The highest BCUT2D eigenvalue weighted by molar-refractivity contribution is 7.25. The van der Waals surface area contributed by atoms with Crippen molar-refractivity contribution in [1.29, 1.82) is 0 Å². The van der Waals surface area contributed by atoms with Gasteiger partial charge in [0.05, 0.1) is 18.8 Å². The highest BCUT2D eigenvalue weighted by Crippen LogP contribution is 2.28. The Kier molecular flexibility index (Phi) is 3.77. The molecule has 0 aliphatic rings. The van der Waals surface area contributed by atoms with Crippen molar-refractivity contribution >= 4 is 38.0 Å². The molecule has 6 nitrogen and oxygen atoms in total. The summed E-state index contributed by atoms with van der Waals surface area (Å²) in [6.07, 6.45) is 3.35. The zero-order valence-electron chi connectivity index (χ0n) is 13.6. The molecule has 4 rings (SSSR count). The molecule has 0 radical (unpaired) electrons. The van der Waals surface area contributed by atoms with E-state index in [0.29, 0.717) is 16.0 Å². The molecule has 0 saturated carbocycles. The summed E-state index contributed by atoms with van der Waals surface area (Å²) in [5.41, 5.74) is 1.37. The van der Waals surface area contributed by atoms with Crippen LogP contribution in [0.5, 0.6) is 5.75 Å². The molecule has 124 valence electrons. The molecule has 0 N–H and O–H groups in total. The molecule has 0 amide bonds. The van der Waals surface area contributed by atoms with E-state index < -0.39 is 0 Å². The maximum Gasteiger partial charge on any atom is 0.292 e. The molecular weight excluding hydrogens is 336 g/mol. The summed E-state index contributed by atoms with van der Waals surface area (Å²) in [6, 6.07) is 11.2. The highest BCUT2D eigenvalue weighted by Gasteiger charge is 2.14. The first kappa shape index (κ1) is 15.5. The van der Waals surface area contributed by atoms with E-state index in [-0.39, 0.29) is 5.56 Å². The fourth-order valence-corrected chi connectivity index (χ4v) is 3.59. The predicted molar refractivity (Wildman–Crippen MR) is 99.9 cm³/mol. The summed E-state index contributed by atoms with van der Waals surface area (Å²) >= 11 is 1.34. The van der Waals surface area contributed by atoms with Crippen molar-refractivity contribution < 1.29 is 4.74 Å². The van der Waals surface area contributed by atoms with Crippen molar-refractivity contribution in [1.82, 2.24) is 14.6 Å². The number of benzene rings is 1. The third-order valence-corrected chi connectivity index (χ3v) is 4.94. The summed E-state index contributed by atoms with van der Waals surface area (Å²) in [4.78, 5) is 22.5. The number of thiophene rings is 1. The lowest BCUT2D eigenvalue weighted by Gasteiger charge is -2.03. The molecule has 0 atom stereocenters. The van der Waals surface area contributed by atoms with Gasteiger partial charge in [0.25, 0.3) is 5.56 Å². The topological polar surface area (TPSA) is 69.4 Å². The summed E-state index contributed by atoms with van der Waals surface area (Å²) in [7, 11) is 1.62.